The third-order valence-electron chi connectivity index (χ3n) is 3.22. The Balaban J connectivity index is 1.93. The fourth-order valence-electron chi connectivity index (χ4n) is 2.14. The quantitative estimate of drug-likeness (QED) is 0.643. The third-order valence-corrected chi connectivity index (χ3v) is 3.22. The number of hydrogen-bond acceptors (Lipinski definition) is 3. The Morgan fingerprint density at radius 2 is 2.18 bits per heavy atom. The molecule has 1 aliphatic rings. The topological polar surface area (TPSA) is 44.3 Å². The lowest BCUT2D eigenvalue weighted by Gasteiger charge is -2.45. The number of ether oxygens (including phenoxy) is 1. The van der Waals surface area contributed by atoms with Crippen molar-refractivity contribution in [2.24, 2.45) is 5.92 Å². The Morgan fingerprint density at radius 1 is 1.41 bits per heavy atom. The molecule has 0 bridgehead atoms. The molecule has 0 amide bonds. The number of rotatable bonds is 4. The van der Waals surface area contributed by atoms with E-state index < -0.39 is 4.76 Å². The van der Waals surface area contributed by atoms with Crippen LogP contribution in [0.25, 0.3) is 0 Å². The summed E-state index contributed by atoms with van der Waals surface area (Å²) in [5.74, 6) is 0.457. The molecule has 1 heterocycles. The van der Waals surface area contributed by atoms with Crippen molar-refractivity contribution < 1.29 is 4.74 Å². The maximum atomic E-state index is 12.5. The largest absolute Gasteiger partial charge is 0.606 e. The molecule has 0 radical (unpaired) electrons. The normalized spacial score (nSPS) is 29.2. The number of nitrogens with zero attached hydrogens (tertiary/aromatic N) is 1. The fourth-order valence-corrected chi connectivity index (χ4v) is 2.14. The highest BCUT2D eigenvalue weighted by atomic mass is 16.6. The molecule has 0 spiro atoms. The monoisotopic (exact) mass is 236 g/mol. The number of para-hydroxylation sites is 1. The van der Waals surface area contributed by atoms with E-state index in [0.29, 0.717) is 12.5 Å². The average Bonchev–Trinajstić information content (AvgIpc) is 2.39. The molecule has 4 heteroatoms. The summed E-state index contributed by atoms with van der Waals surface area (Å²) < 4.78 is 4.98. The second kappa shape index (κ2) is 5.60. The fraction of sp³-hybridized carbons (Fsp3) is 0.538. The highest BCUT2D eigenvalue weighted by Crippen LogP contribution is 2.24. The summed E-state index contributed by atoms with van der Waals surface area (Å²) in [6, 6.07) is 9.49. The predicted molar refractivity (Wildman–Crippen MR) is 69.1 cm³/mol. The second-order valence-electron chi connectivity index (χ2n) is 4.48. The summed E-state index contributed by atoms with van der Waals surface area (Å²) in [5, 5.41) is 12.5. The standard InChI is InChI=1S/C13H20N2O2/c1-2-17-11-12-8-9-15(16,14-10-12)13-6-4-3-5-7-13/h3-7,12,14H,2,8-11H2,1H3. The van der Waals surface area contributed by atoms with Crippen molar-refractivity contribution in [2.45, 2.75) is 13.3 Å². The van der Waals surface area contributed by atoms with Gasteiger partial charge in [0.25, 0.3) is 0 Å². The molecule has 0 saturated carbocycles. The lowest BCUT2D eigenvalue weighted by atomic mass is 10.0. The van der Waals surface area contributed by atoms with E-state index in [1.807, 2.05) is 37.3 Å². The van der Waals surface area contributed by atoms with Crippen molar-refractivity contribution in [3.8, 4) is 0 Å². The van der Waals surface area contributed by atoms with Crippen LogP contribution in [0.5, 0.6) is 0 Å². The minimum absolute atomic E-state index is 0.413. The Kier molecular flexibility index (Phi) is 4.12. The summed E-state index contributed by atoms with van der Waals surface area (Å²) in [6.07, 6.45) is 0.908. The van der Waals surface area contributed by atoms with Crippen LogP contribution in [0.1, 0.15) is 13.3 Å². The van der Waals surface area contributed by atoms with Crippen LogP contribution in [0.3, 0.4) is 0 Å². The Bertz CT molecular complexity index is 335. The number of benzene rings is 1. The van der Waals surface area contributed by atoms with E-state index in [-0.39, 0.29) is 0 Å². The van der Waals surface area contributed by atoms with Gasteiger partial charge in [-0.3, -0.25) is 0 Å². The summed E-state index contributed by atoms with van der Waals surface area (Å²) in [7, 11) is 0. The molecule has 1 N–H and O–H groups in total. The zero-order chi connectivity index (χ0) is 12.1. The molecular formula is C13H20N2O2. The van der Waals surface area contributed by atoms with Gasteiger partial charge in [0.15, 0.2) is 5.69 Å². The second-order valence-corrected chi connectivity index (χ2v) is 4.48. The number of nitrogens with one attached hydrogen (secondary N) is 1. The van der Waals surface area contributed by atoms with E-state index in [4.69, 9.17) is 4.74 Å². The average molecular weight is 236 g/mol. The van der Waals surface area contributed by atoms with Crippen LogP contribution in [-0.2, 0) is 4.74 Å². The van der Waals surface area contributed by atoms with Crippen LogP contribution in [0, 0.1) is 11.1 Å². The predicted octanol–water partition coefficient (Wildman–Crippen LogP) is 2.05. The Hall–Kier alpha value is -0.940. The first kappa shape index (κ1) is 12.5. The minimum Gasteiger partial charge on any atom is -0.606 e. The van der Waals surface area contributed by atoms with Crippen LogP contribution < -0.4 is 10.2 Å². The molecule has 4 nitrogen and oxygen atoms in total. The molecule has 1 aromatic carbocycles. The van der Waals surface area contributed by atoms with Crippen molar-refractivity contribution in [1.29, 1.82) is 0 Å². The van der Waals surface area contributed by atoms with Crippen LogP contribution in [0.4, 0.5) is 5.69 Å². The lowest BCUT2D eigenvalue weighted by molar-refractivity contribution is 0.0737. The molecule has 1 fully saturated rings. The van der Waals surface area contributed by atoms with Gasteiger partial charge in [0.2, 0.25) is 0 Å². The summed E-state index contributed by atoms with van der Waals surface area (Å²) >= 11 is 0. The van der Waals surface area contributed by atoms with Gasteiger partial charge in [-0.15, -0.1) is 0 Å². The molecule has 0 aliphatic carbocycles. The molecule has 94 valence electrons. The van der Waals surface area contributed by atoms with E-state index in [0.717, 1.165) is 31.9 Å². The first-order chi connectivity index (χ1) is 8.24. The minimum atomic E-state index is -0.413. The van der Waals surface area contributed by atoms with E-state index in [9.17, 15) is 5.21 Å². The molecule has 2 rings (SSSR count). The zero-order valence-electron chi connectivity index (χ0n) is 10.3. The molecule has 1 aliphatic heterocycles. The molecule has 1 aromatic rings. The van der Waals surface area contributed by atoms with Gasteiger partial charge in [0.05, 0.1) is 13.2 Å². The van der Waals surface area contributed by atoms with Crippen LogP contribution in [-0.4, -0.2) is 26.3 Å². The molecule has 2 atom stereocenters. The highest BCUT2D eigenvalue weighted by Gasteiger charge is 2.28. The van der Waals surface area contributed by atoms with E-state index >= 15 is 0 Å². The first-order valence-corrected chi connectivity index (χ1v) is 6.22. The first-order valence-electron chi connectivity index (χ1n) is 6.22. The van der Waals surface area contributed by atoms with Crippen LogP contribution >= 0.6 is 0 Å². The number of hydrogen-bond donors (Lipinski definition) is 1. The zero-order valence-corrected chi connectivity index (χ0v) is 10.3. The van der Waals surface area contributed by atoms with E-state index in [1.165, 1.54) is 0 Å². The van der Waals surface area contributed by atoms with Crippen molar-refractivity contribution in [2.75, 3.05) is 26.3 Å². The Labute approximate surface area is 102 Å². The van der Waals surface area contributed by atoms with E-state index in [2.05, 4.69) is 5.43 Å². The third kappa shape index (κ3) is 3.04. The molecule has 1 saturated heterocycles. The molecular weight excluding hydrogens is 216 g/mol. The molecule has 2 unspecified atom stereocenters. The maximum Gasteiger partial charge on any atom is 0.152 e. The van der Waals surface area contributed by atoms with Crippen molar-refractivity contribution in [1.82, 2.24) is 10.2 Å². The number of quaternary nitrogens is 1. The van der Waals surface area contributed by atoms with Gasteiger partial charge in [-0.25, -0.2) is 4.76 Å². The van der Waals surface area contributed by atoms with Gasteiger partial charge in [-0.2, -0.15) is 5.43 Å². The molecule has 0 aromatic heterocycles. The van der Waals surface area contributed by atoms with Gasteiger partial charge in [0, 0.05) is 31.1 Å². The molecule has 17 heavy (non-hydrogen) atoms. The number of hydroxylamine groups is 1. The summed E-state index contributed by atoms with van der Waals surface area (Å²) in [6.45, 7) is 4.78. The van der Waals surface area contributed by atoms with E-state index in [1.54, 1.807) is 0 Å². The highest BCUT2D eigenvalue weighted by molar-refractivity contribution is 5.42. The maximum absolute atomic E-state index is 12.5. The van der Waals surface area contributed by atoms with Gasteiger partial charge in [-0.05, 0) is 6.92 Å². The van der Waals surface area contributed by atoms with Gasteiger partial charge >= 0.3 is 0 Å². The SMILES string of the molecule is CCOCC1CC[N+]([O-])(c2ccccc2)NC1. The smallest absolute Gasteiger partial charge is 0.152 e. The van der Waals surface area contributed by atoms with Gasteiger partial charge in [-0.1, -0.05) is 18.2 Å². The van der Waals surface area contributed by atoms with Crippen molar-refractivity contribution in [3.05, 3.63) is 35.5 Å². The van der Waals surface area contributed by atoms with Crippen LogP contribution in [0.15, 0.2) is 30.3 Å². The van der Waals surface area contributed by atoms with Gasteiger partial charge in [0.1, 0.15) is 6.54 Å². The summed E-state index contributed by atoms with van der Waals surface area (Å²) in [5.41, 5.74) is 3.85. The van der Waals surface area contributed by atoms with Crippen LogP contribution in [0.2, 0.25) is 0 Å². The lowest BCUT2D eigenvalue weighted by Crippen LogP contribution is -2.61. The Morgan fingerprint density at radius 3 is 2.76 bits per heavy atom. The summed E-state index contributed by atoms with van der Waals surface area (Å²) in [4.78, 5) is 0. The van der Waals surface area contributed by atoms with Crippen molar-refractivity contribution >= 4 is 5.69 Å². The van der Waals surface area contributed by atoms with Gasteiger partial charge < -0.3 is 9.94 Å². The van der Waals surface area contributed by atoms with Crippen molar-refractivity contribution in [3.63, 3.8) is 0 Å².